The topological polar surface area (TPSA) is 92.5 Å². The Kier molecular flexibility index (Phi) is 7.70. The number of nitrogens with zero attached hydrogens (tertiary/aromatic N) is 3. The molecule has 0 aliphatic carbocycles. The van der Waals surface area contributed by atoms with Crippen LogP contribution in [0.2, 0.25) is 0 Å². The Bertz CT molecular complexity index is 420. The largest absolute Gasteiger partial charge is 0.407 e. The standard InChI is InChI=1S/C13H25N5O3/c1-5-18(6-2)12(19)10(3)15-13-17-16-11(21-13)9-14-7-8-20-4/h10,14H,5-9H2,1-4H3,(H,15,17). The lowest BCUT2D eigenvalue weighted by Crippen LogP contribution is -2.41. The van der Waals surface area contributed by atoms with Crippen LogP contribution < -0.4 is 10.6 Å². The Morgan fingerprint density at radius 1 is 1.38 bits per heavy atom. The Morgan fingerprint density at radius 2 is 2.10 bits per heavy atom. The number of hydrogen-bond acceptors (Lipinski definition) is 7. The lowest BCUT2D eigenvalue weighted by atomic mass is 10.3. The molecule has 1 heterocycles. The molecule has 1 aromatic heterocycles. The lowest BCUT2D eigenvalue weighted by Gasteiger charge is -2.22. The first-order valence-electron chi connectivity index (χ1n) is 7.19. The van der Waals surface area contributed by atoms with E-state index in [4.69, 9.17) is 9.15 Å². The fraction of sp³-hybridized carbons (Fsp3) is 0.769. The van der Waals surface area contributed by atoms with Crippen LogP contribution in [0.5, 0.6) is 0 Å². The molecular formula is C13H25N5O3. The summed E-state index contributed by atoms with van der Waals surface area (Å²) in [5, 5.41) is 13.8. The van der Waals surface area contributed by atoms with Gasteiger partial charge in [0, 0.05) is 26.7 Å². The molecule has 8 heteroatoms. The van der Waals surface area contributed by atoms with E-state index in [1.807, 2.05) is 13.8 Å². The highest BCUT2D eigenvalue weighted by molar-refractivity contribution is 5.83. The molecule has 0 saturated carbocycles. The summed E-state index contributed by atoms with van der Waals surface area (Å²) in [6.07, 6.45) is 0. The summed E-state index contributed by atoms with van der Waals surface area (Å²) in [7, 11) is 1.64. The highest BCUT2D eigenvalue weighted by atomic mass is 16.5. The second-order valence-electron chi connectivity index (χ2n) is 4.55. The lowest BCUT2D eigenvalue weighted by molar-refractivity contribution is -0.131. The summed E-state index contributed by atoms with van der Waals surface area (Å²) in [6.45, 7) is 8.83. The maximum Gasteiger partial charge on any atom is 0.316 e. The first kappa shape index (κ1) is 17.4. The summed E-state index contributed by atoms with van der Waals surface area (Å²) in [5.41, 5.74) is 0. The first-order valence-corrected chi connectivity index (χ1v) is 7.19. The van der Waals surface area contributed by atoms with E-state index in [2.05, 4.69) is 20.8 Å². The molecule has 0 radical (unpaired) electrons. The zero-order valence-electron chi connectivity index (χ0n) is 13.2. The van der Waals surface area contributed by atoms with Gasteiger partial charge in [0.05, 0.1) is 13.2 Å². The fourth-order valence-corrected chi connectivity index (χ4v) is 1.81. The molecule has 1 aromatic rings. The number of aromatic nitrogens is 2. The minimum absolute atomic E-state index is 0.0120. The van der Waals surface area contributed by atoms with Gasteiger partial charge in [-0.3, -0.25) is 4.79 Å². The summed E-state index contributed by atoms with van der Waals surface area (Å²) in [5.74, 6) is 0.481. The van der Waals surface area contributed by atoms with E-state index in [9.17, 15) is 4.79 Å². The number of likely N-dealkylation sites (N-methyl/N-ethyl adjacent to an activating group) is 1. The second-order valence-corrected chi connectivity index (χ2v) is 4.55. The predicted molar refractivity (Wildman–Crippen MR) is 78.9 cm³/mol. The Balaban J connectivity index is 2.44. The molecule has 0 aliphatic heterocycles. The molecule has 0 saturated heterocycles. The van der Waals surface area contributed by atoms with Gasteiger partial charge in [0.2, 0.25) is 11.8 Å². The average Bonchev–Trinajstić information content (AvgIpc) is 2.92. The number of carbonyl (C=O) groups is 1. The Labute approximate surface area is 125 Å². The molecule has 0 aliphatic rings. The summed E-state index contributed by atoms with van der Waals surface area (Å²) in [6, 6.07) is -0.147. The van der Waals surface area contributed by atoms with E-state index in [0.717, 1.165) is 0 Å². The molecule has 0 bridgehead atoms. The van der Waals surface area contributed by atoms with E-state index in [-0.39, 0.29) is 11.9 Å². The van der Waals surface area contributed by atoms with Gasteiger partial charge in [-0.2, -0.15) is 0 Å². The van der Waals surface area contributed by atoms with E-state index in [1.165, 1.54) is 0 Å². The summed E-state index contributed by atoms with van der Waals surface area (Å²) < 4.78 is 10.3. The van der Waals surface area contributed by atoms with Gasteiger partial charge in [0.25, 0.3) is 0 Å². The highest BCUT2D eigenvalue weighted by Gasteiger charge is 2.19. The number of rotatable bonds is 10. The van der Waals surface area contributed by atoms with Crippen molar-refractivity contribution < 1.29 is 13.9 Å². The fourth-order valence-electron chi connectivity index (χ4n) is 1.81. The van der Waals surface area contributed by atoms with Crippen molar-refractivity contribution in [1.82, 2.24) is 20.4 Å². The molecule has 1 rings (SSSR count). The van der Waals surface area contributed by atoms with Crippen LogP contribution in [0.3, 0.4) is 0 Å². The monoisotopic (exact) mass is 299 g/mol. The summed E-state index contributed by atoms with van der Waals surface area (Å²) >= 11 is 0. The van der Waals surface area contributed by atoms with E-state index in [0.29, 0.717) is 38.7 Å². The summed E-state index contributed by atoms with van der Waals surface area (Å²) in [4.78, 5) is 13.9. The molecular weight excluding hydrogens is 274 g/mol. The third-order valence-electron chi connectivity index (χ3n) is 3.01. The quantitative estimate of drug-likeness (QED) is 0.607. The SMILES string of the molecule is CCN(CC)C(=O)C(C)Nc1nnc(CNCCOC)o1. The predicted octanol–water partition coefficient (Wildman–Crippen LogP) is 0.474. The molecule has 8 nitrogen and oxygen atoms in total. The number of amides is 1. The number of anilines is 1. The first-order chi connectivity index (χ1) is 10.1. The van der Waals surface area contributed by atoms with Crippen molar-refractivity contribution in [3.8, 4) is 0 Å². The second kappa shape index (κ2) is 9.30. The van der Waals surface area contributed by atoms with Gasteiger partial charge >= 0.3 is 6.01 Å². The highest BCUT2D eigenvalue weighted by Crippen LogP contribution is 2.08. The number of ether oxygens (including phenoxy) is 1. The van der Waals surface area contributed by atoms with Gasteiger partial charge in [-0.15, -0.1) is 5.10 Å². The normalized spacial score (nSPS) is 12.2. The average molecular weight is 299 g/mol. The smallest absolute Gasteiger partial charge is 0.316 e. The maximum absolute atomic E-state index is 12.1. The molecule has 21 heavy (non-hydrogen) atoms. The molecule has 0 spiro atoms. The van der Waals surface area contributed by atoms with Gasteiger partial charge < -0.3 is 24.7 Å². The van der Waals surface area contributed by atoms with Crippen molar-refractivity contribution in [3.05, 3.63) is 5.89 Å². The Hall–Kier alpha value is -1.67. The molecule has 2 N–H and O–H groups in total. The van der Waals surface area contributed by atoms with Crippen LogP contribution in [0.4, 0.5) is 6.01 Å². The van der Waals surface area contributed by atoms with Crippen LogP contribution in [0.15, 0.2) is 4.42 Å². The van der Waals surface area contributed by atoms with E-state index in [1.54, 1.807) is 18.9 Å². The van der Waals surface area contributed by atoms with Crippen molar-refractivity contribution in [3.63, 3.8) is 0 Å². The Morgan fingerprint density at radius 3 is 2.71 bits per heavy atom. The van der Waals surface area contributed by atoms with E-state index >= 15 is 0 Å². The van der Waals surface area contributed by atoms with Crippen molar-refractivity contribution in [2.24, 2.45) is 0 Å². The minimum Gasteiger partial charge on any atom is -0.407 e. The zero-order valence-corrected chi connectivity index (χ0v) is 13.2. The molecule has 1 unspecified atom stereocenters. The zero-order chi connectivity index (χ0) is 15.7. The van der Waals surface area contributed by atoms with Crippen molar-refractivity contribution in [2.75, 3.05) is 38.7 Å². The number of carbonyl (C=O) groups excluding carboxylic acids is 1. The van der Waals surface area contributed by atoms with E-state index < -0.39 is 6.04 Å². The van der Waals surface area contributed by atoms with Gasteiger partial charge in [-0.1, -0.05) is 5.10 Å². The maximum atomic E-state index is 12.1. The van der Waals surface area contributed by atoms with Crippen LogP contribution in [-0.2, 0) is 16.1 Å². The van der Waals surface area contributed by atoms with Gasteiger partial charge in [-0.25, -0.2) is 0 Å². The molecule has 1 amide bonds. The van der Waals surface area contributed by atoms with Gasteiger partial charge in [0.1, 0.15) is 6.04 Å². The van der Waals surface area contributed by atoms with Crippen molar-refractivity contribution >= 4 is 11.9 Å². The number of nitrogens with one attached hydrogen (secondary N) is 2. The van der Waals surface area contributed by atoms with Gasteiger partial charge in [-0.05, 0) is 20.8 Å². The van der Waals surface area contributed by atoms with Crippen LogP contribution >= 0.6 is 0 Å². The van der Waals surface area contributed by atoms with Crippen LogP contribution in [0.1, 0.15) is 26.7 Å². The molecule has 120 valence electrons. The third-order valence-corrected chi connectivity index (χ3v) is 3.01. The molecule has 1 atom stereocenters. The molecule has 0 aromatic carbocycles. The minimum atomic E-state index is -0.403. The number of hydrogen-bond donors (Lipinski definition) is 2. The van der Waals surface area contributed by atoms with Crippen molar-refractivity contribution in [1.29, 1.82) is 0 Å². The van der Waals surface area contributed by atoms with Crippen LogP contribution in [-0.4, -0.2) is 60.4 Å². The van der Waals surface area contributed by atoms with Crippen LogP contribution in [0.25, 0.3) is 0 Å². The third kappa shape index (κ3) is 5.68. The number of methoxy groups -OCH3 is 1. The molecule has 0 fully saturated rings. The van der Waals surface area contributed by atoms with Crippen LogP contribution in [0, 0.1) is 0 Å². The van der Waals surface area contributed by atoms with Gasteiger partial charge in [0.15, 0.2) is 0 Å². The van der Waals surface area contributed by atoms with Crippen molar-refractivity contribution in [2.45, 2.75) is 33.4 Å².